The van der Waals surface area contributed by atoms with E-state index in [1.54, 1.807) is 0 Å². The van der Waals surface area contributed by atoms with E-state index >= 15 is 0 Å². The summed E-state index contributed by atoms with van der Waals surface area (Å²) in [6.45, 7) is 2.88. The van der Waals surface area contributed by atoms with Crippen LogP contribution in [0.3, 0.4) is 0 Å². The topological polar surface area (TPSA) is 52.8 Å². The summed E-state index contributed by atoms with van der Waals surface area (Å²) in [5.74, 6) is -6.12. The lowest BCUT2D eigenvalue weighted by Gasteiger charge is -2.26. The molecule has 0 bridgehead atoms. The Kier molecular flexibility index (Phi) is 4.58. The molecule has 10 heteroatoms. The second-order valence-electron chi connectivity index (χ2n) is 6.20. The van der Waals surface area contributed by atoms with E-state index < -0.39 is 40.4 Å². The van der Waals surface area contributed by atoms with Crippen LogP contribution in [0, 0.1) is 29.1 Å². The highest BCUT2D eigenvalue weighted by atomic mass is 19.2. The van der Waals surface area contributed by atoms with E-state index in [2.05, 4.69) is 15.2 Å². The second kappa shape index (κ2) is 6.60. The maximum Gasteiger partial charge on any atom is 0.192 e. The van der Waals surface area contributed by atoms with Gasteiger partial charge in [-0.2, -0.15) is 0 Å². The molecule has 2 heterocycles. The average molecular weight is 384 g/mol. The van der Waals surface area contributed by atoms with Gasteiger partial charge in [-0.1, -0.05) is 0 Å². The Morgan fingerprint density at radius 3 is 2.07 bits per heavy atom. The standard InChI is InChI=1S/C17H13F5N4O/c1-17(2,27-14-11(21)4-8(18)5-12(14)22)16-25-24-15(26(16)3)13-10(20)6-9(19)7-23-13/h4-7H,1-3H3. The molecule has 0 amide bonds. The highest BCUT2D eigenvalue weighted by molar-refractivity contribution is 5.50. The number of hydrogen-bond donors (Lipinski definition) is 0. The zero-order chi connectivity index (χ0) is 19.9. The van der Waals surface area contributed by atoms with Gasteiger partial charge in [-0.05, 0) is 13.8 Å². The molecule has 0 atom stereocenters. The summed E-state index contributed by atoms with van der Waals surface area (Å²) in [6.07, 6.45) is 0.817. The van der Waals surface area contributed by atoms with Gasteiger partial charge in [0.25, 0.3) is 0 Å². The first-order valence-electron chi connectivity index (χ1n) is 7.65. The van der Waals surface area contributed by atoms with Crippen molar-refractivity contribution in [2.45, 2.75) is 19.4 Å². The molecule has 1 aromatic carbocycles. The van der Waals surface area contributed by atoms with E-state index in [1.807, 2.05) is 0 Å². The summed E-state index contributed by atoms with van der Waals surface area (Å²) in [7, 11) is 1.46. The van der Waals surface area contributed by atoms with Gasteiger partial charge in [-0.15, -0.1) is 10.2 Å². The average Bonchev–Trinajstić information content (AvgIpc) is 2.93. The molecule has 3 aromatic rings. The van der Waals surface area contributed by atoms with E-state index in [0.29, 0.717) is 18.2 Å². The van der Waals surface area contributed by atoms with Crippen LogP contribution < -0.4 is 4.74 Å². The zero-order valence-corrected chi connectivity index (χ0v) is 14.4. The lowest BCUT2D eigenvalue weighted by molar-refractivity contribution is 0.0833. The molecular weight excluding hydrogens is 371 g/mol. The molecule has 0 fully saturated rings. The molecule has 0 aliphatic carbocycles. The van der Waals surface area contributed by atoms with Crippen LogP contribution in [-0.2, 0) is 12.6 Å². The summed E-state index contributed by atoms with van der Waals surface area (Å²) in [5, 5.41) is 7.67. The van der Waals surface area contributed by atoms with Crippen molar-refractivity contribution in [2.75, 3.05) is 0 Å². The third-order valence-corrected chi connectivity index (χ3v) is 3.75. The fourth-order valence-electron chi connectivity index (χ4n) is 2.57. The minimum atomic E-state index is -1.43. The van der Waals surface area contributed by atoms with Crippen LogP contribution >= 0.6 is 0 Å². The molecule has 0 saturated carbocycles. The Hall–Kier alpha value is -3.04. The fourth-order valence-corrected chi connectivity index (χ4v) is 2.57. The molecule has 27 heavy (non-hydrogen) atoms. The highest BCUT2D eigenvalue weighted by Gasteiger charge is 2.33. The van der Waals surface area contributed by atoms with Crippen molar-refractivity contribution < 1.29 is 26.7 Å². The monoisotopic (exact) mass is 384 g/mol. The minimum Gasteiger partial charge on any atom is -0.474 e. The van der Waals surface area contributed by atoms with Gasteiger partial charge in [0.05, 0.1) is 6.20 Å². The number of halogens is 5. The van der Waals surface area contributed by atoms with Crippen LogP contribution in [0.5, 0.6) is 5.75 Å². The highest BCUT2D eigenvalue weighted by Crippen LogP contribution is 2.32. The van der Waals surface area contributed by atoms with E-state index in [-0.39, 0.29) is 17.3 Å². The van der Waals surface area contributed by atoms with Gasteiger partial charge in [0.1, 0.15) is 17.3 Å². The third kappa shape index (κ3) is 3.46. The van der Waals surface area contributed by atoms with Crippen molar-refractivity contribution in [1.29, 1.82) is 0 Å². The number of benzene rings is 1. The second-order valence-corrected chi connectivity index (χ2v) is 6.20. The number of aromatic nitrogens is 4. The summed E-state index contributed by atoms with van der Waals surface area (Å²) in [4.78, 5) is 3.65. The number of pyridine rings is 1. The first-order chi connectivity index (χ1) is 12.6. The molecular formula is C17H13F5N4O. The SMILES string of the molecule is Cn1c(-c2ncc(F)cc2F)nnc1C(C)(C)Oc1c(F)cc(F)cc1F. The lowest BCUT2D eigenvalue weighted by Crippen LogP contribution is -2.30. The molecule has 5 nitrogen and oxygen atoms in total. The van der Waals surface area contributed by atoms with Gasteiger partial charge in [0.2, 0.25) is 0 Å². The van der Waals surface area contributed by atoms with Crippen molar-refractivity contribution >= 4 is 0 Å². The van der Waals surface area contributed by atoms with Crippen LogP contribution in [0.2, 0.25) is 0 Å². The fraction of sp³-hybridized carbons (Fsp3) is 0.235. The van der Waals surface area contributed by atoms with E-state index in [0.717, 1.165) is 6.20 Å². The van der Waals surface area contributed by atoms with Crippen LogP contribution in [0.1, 0.15) is 19.7 Å². The quantitative estimate of drug-likeness (QED) is 0.641. The molecule has 0 unspecified atom stereocenters. The van der Waals surface area contributed by atoms with E-state index in [9.17, 15) is 22.0 Å². The summed E-state index contributed by atoms with van der Waals surface area (Å²) in [5.41, 5.74) is -1.69. The lowest BCUT2D eigenvalue weighted by atomic mass is 10.1. The molecule has 0 aliphatic rings. The maximum absolute atomic E-state index is 14.0. The first kappa shape index (κ1) is 18.7. The molecule has 0 radical (unpaired) electrons. The van der Waals surface area contributed by atoms with Crippen molar-refractivity contribution in [3.8, 4) is 17.3 Å². The number of hydrogen-bond acceptors (Lipinski definition) is 4. The van der Waals surface area contributed by atoms with Crippen molar-refractivity contribution in [3.63, 3.8) is 0 Å². The van der Waals surface area contributed by atoms with E-state index in [4.69, 9.17) is 4.74 Å². The van der Waals surface area contributed by atoms with Crippen molar-refractivity contribution in [1.82, 2.24) is 19.7 Å². The molecule has 3 rings (SSSR count). The Labute approximate surface area is 150 Å². The van der Waals surface area contributed by atoms with Crippen molar-refractivity contribution in [2.24, 2.45) is 7.05 Å². The van der Waals surface area contributed by atoms with Gasteiger partial charge >= 0.3 is 0 Å². The van der Waals surface area contributed by atoms with Gasteiger partial charge in [-0.25, -0.2) is 26.9 Å². The Morgan fingerprint density at radius 1 is 0.889 bits per heavy atom. The number of rotatable bonds is 4. The van der Waals surface area contributed by atoms with Crippen LogP contribution in [0.15, 0.2) is 24.4 Å². The summed E-state index contributed by atoms with van der Waals surface area (Å²) < 4.78 is 74.5. The first-order valence-corrected chi connectivity index (χ1v) is 7.65. The zero-order valence-electron chi connectivity index (χ0n) is 14.4. The number of ether oxygens (including phenoxy) is 1. The Morgan fingerprint density at radius 2 is 1.48 bits per heavy atom. The minimum absolute atomic E-state index is 0.0424. The Balaban J connectivity index is 2.00. The van der Waals surface area contributed by atoms with Gasteiger partial charge in [-0.3, -0.25) is 0 Å². The van der Waals surface area contributed by atoms with Gasteiger partial charge in [0, 0.05) is 25.2 Å². The molecule has 142 valence electrons. The van der Waals surface area contributed by atoms with Crippen LogP contribution in [-0.4, -0.2) is 19.7 Å². The summed E-state index contributed by atoms with van der Waals surface area (Å²) >= 11 is 0. The summed E-state index contributed by atoms with van der Waals surface area (Å²) in [6, 6.07) is 1.60. The molecule has 2 aromatic heterocycles. The maximum atomic E-state index is 14.0. The molecule has 0 saturated heterocycles. The largest absolute Gasteiger partial charge is 0.474 e. The van der Waals surface area contributed by atoms with Crippen molar-refractivity contribution in [3.05, 3.63) is 59.3 Å². The normalized spacial score (nSPS) is 11.7. The molecule has 0 spiro atoms. The third-order valence-electron chi connectivity index (χ3n) is 3.75. The Bertz CT molecular complexity index is 996. The number of nitrogens with zero attached hydrogens (tertiary/aromatic N) is 4. The smallest absolute Gasteiger partial charge is 0.192 e. The predicted molar refractivity (Wildman–Crippen MR) is 84.1 cm³/mol. The van der Waals surface area contributed by atoms with Crippen LogP contribution in [0.4, 0.5) is 22.0 Å². The van der Waals surface area contributed by atoms with Gasteiger partial charge < -0.3 is 9.30 Å². The van der Waals surface area contributed by atoms with Gasteiger partial charge in [0.15, 0.2) is 40.5 Å². The van der Waals surface area contributed by atoms with E-state index in [1.165, 1.54) is 25.5 Å². The molecule has 0 aliphatic heterocycles. The predicted octanol–water partition coefficient (Wildman–Crippen LogP) is 3.89. The molecule has 0 N–H and O–H groups in total. The van der Waals surface area contributed by atoms with Crippen LogP contribution in [0.25, 0.3) is 11.5 Å².